The molecule has 2 saturated carbocycles. The number of rotatable bonds is 3. The number of amides is 2. The van der Waals surface area contributed by atoms with Crippen molar-refractivity contribution in [3.63, 3.8) is 0 Å². The van der Waals surface area contributed by atoms with Gasteiger partial charge in [0, 0.05) is 19.0 Å². The summed E-state index contributed by atoms with van der Waals surface area (Å²) in [5, 5.41) is 2.90. The van der Waals surface area contributed by atoms with E-state index in [4.69, 9.17) is 5.73 Å². The number of likely N-dealkylation sites (tertiary alicyclic amines) is 1. The fourth-order valence-electron chi connectivity index (χ4n) is 2.26. The van der Waals surface area contributed by atoms with Crippen LogP contribution in [0.25, 0.3) is 0 Å². The summed E-state index contributed by atoms with van der Waals surface area (Å²) in [4.78, 5) is 25.3. The third-order valence-electron chi connectivity index (χ3n) is 3.72. The van der Waals surface area contributed by atoms with Gasteiger partial charge in [0.1, 0.15) is 0 Å². The van der Waals surface area contributed by atoms with E-state index in [1.54, 1.807) is 0 Å². The Kier molecular flexibility index (Phi) is 3.08. The summed E-state index contributed by atoms with van der Waals surface area (Å²) in [7, 11) is 0. The summed E-state index contributed by atoms with van der Waals surface area (Å²) in [5.74, 6) is 0.0950. The predicted octanol–water partition coefficient (Wildman–Crippen LogP) is -0.221. The first kappa shape index (κ1) is 12.6. The molecule has 1 heterocycles. The summed E-state index contributed by atoms with van der Waals surface area (Å²) >= 11 is 0. The molecule has 3 N–H and O–H groups in total. The Bertz CT molecular complexity index is 353. The summed E-state index contributed by atoms with van der Waals surface area (Å²) < 4.78 is 0. The van der Waals surface area contributed by atoms with E-state index in [9.17, 15) is 9.59 Å². The maximum atomic E-state index is 11.7. The van der Waals surface area contributed by atoms with Gasteiger partial charge in [0.2, 0.25) is 11.8 Å². The fraction of sp³-hybridized carbons (Fsp3) is 0.818. The summed E-state index contributed by atoms with van der Waals surface area (Å²) in [5.41, 5.74) is 5.17. The molecule has 2 aliphatic carbocycles. The Hall–Kier alpha value is -0.810. The number of carbonyl (C=O) groups excluding carboxylic acids is 2. The molecule has 96 valence electrons. The van der Waals surface area contributed by atoms with E-state index < -0.39 is 5.54 Å². The molecule has 3 aliphatic rings. The van der Waals surface area contributed by atoms with Gasteiger partial charge in [0.05, 0.1) is 11.6 Å². The number of nitrogens with two attached hydrogens (primary N) is 1. The Morgan fingerprint density at radius 2 is 2.06 bits per heavy atom. The molecule has 3 rings (SSSR count). The molecule has 0 bridgehead atoms. The van der Waals surface area contributed by atoms with Crippen LogP contribution >= 0.6 is 12.4 Å². The molecule has 0 aromatic carbocycles. The van der Waals surface area contributed by atoms with Gasteiger partial charge >= 0.3 is 0 Å². The first-order valence-electron chi connectivity index (χ1n) is 5.98. The molecule has 6 heteroatoms. The minimum Gasteiger partial charge on any atom is -0.349 e. The number of nitrogens with one attached hydrogen (secondary N) is 1. The van der Waals surface area contributed by atoms with Gasteiger partial charge in [0.25, 0.3) is 0 Å². The normalized spacial score (nSPS) is 29.8. The average molecular weight is 260 g/mol. The highest BCUT2D eigenvalue weighted by atomic mass is 35.5. The quantitative estimate of drug-likeness (QED) is 0.736. The van der Waals surface area contributed by atoms with Crippen molar-refractivity contribution in [1.82, 2.24) is 10.2 Å². The molecule has 0 aromatic heterocycles. The monoisotopic (exact) mass is 259 g/mol. The number of hydrogen-bond acceptors (Lipinski definition) is 3. The van der Waals surface area contributed by atoms with E-state index in [2.05, 4.69) is 5.32 Å². The van der Waals surface area contributed by atoms with Crippen LogP contribution in [0.4, 0.5) is 0 Å². The van der Waals surface area contributed by atoms with E-state index in [1.807, 2.05) is 4.90 Å². The minimum absolute atomic E-state index is 0. The van der Waals surface area contributed by atoms with Gasteiger partial charge in [-0.3, -0.25) is 9.59 Å². The van der Waals surface area contributed by atoms with Crippen LogP contribution in [0.5, 0.6) is 0 Å². The number of nitrogens with zero attached hydrogens (tertiary/aromatic N) is 1. The third-order valence-corrected chi connectivity index (χ3v) is 3.72. The van der Waals surface area contributed by atoms with Gasteiger partial charge in [0.15, 0.2) is 0 Å². The van der Waals surface area contributed by atoms with Crippen LogP contribution in [0.3, 0.4) is 0 Å². The predicted molar refractivity (Wildman–Crippen MR) is 64.7 cm³/mol. The van der Waals surface area contributed by atoms with Crippen molar-refractivity contribution < 1.29 is 9.59 Å². The van der Waals surface area contributed by atoms with Crippen molar-refractivity contribution in [2.45, 2.75) is 49.7 Å². The molecule has 0 radical (unpaired) electrons. The molecule has 0 spiro atoms. The lowest BCUT2D eigenvalue weighted by Crippen LogP contribution is -2.48. The van der Waals surface area contributed by atoms with E-state index in [1.165, 1.54) is 0 Å². The van der Waals surface area contributed by atoms with E-state index >= 15 is 0 Å². The fourth-order valence-corrected chi connectivity index (χ4v) is 2.26. The lowest BCUT2D eigenvalue weighted by Gasteiger charge is -2.17. The average Bonchev–Trinajstić information content (AvgIpc) is 3.11. The van der Waals surface area contributed by atoms with Crippen molar-refractivity contribution in [3.05, 3.63) is 0 Å². The molecule has 1 aliphatic heterocycles. The highest BCUT2D eigenvalue weighted by molar-refractivity contribution is 5.90. The number of carbonyl (C=O) groups is 2. The lowest BCUT2D eigenvalue weighted by molar-refractivity contribution is -0.128. The molecule has 5 nitrogen and oxygen atoms in total. The van der Waals surface area contributed by atoms with Crippen LogP contribution in [-0.4, -0.2) is 40.9 Å². The van der Waals surface area contributed by atoms with Crippen molar-refractivity contribution in [2.75, 3.05) is 6.54 Å². The van der Waals surface area contributed by atoms with Crippen LogP contribution in [0.1, 0.15) is 32.1 Å². The molecule has 3 fully saturated rings. The molecular formula is C11H18ClN3O2. The van der Waals surface area contributed by atoms with Crippen LogP contribution in [0, 0.1) is 0 Å². The second-order valence-corrected chi connectivity index (χ2v) is 5.31. The third kappa shape index (κ3) is 2.40. The Morgan fingerprint density at radius 1 is 1.41 bits per heavy atom. The minimum atomic E-state index is -0.629. The molecular weight excluding hydrogens is 242 g/mol. The zero-order valence-corrected chi connectivity index (χ0v) is 10.5. The van der Waals surface area contributed by atoms with Gasteiger partial charge in [-0.15, -0.1) is 12.4 Å². The zero-order chi connectivity index (χ0) is 11.3. The van der Waals surface area contributed by atoms with Crippen molar-refractivity contribution in [2.24, 2.45) is 5.73 Å². The number of halogens is 1. The van der Waals surface area contributed by atoms with Crippen LogP contribution in [0.15, 0.2) is 0 Å². The van der Waals surface area contributed by atoms with Gasteiger partial charge in [-0.1, -0.05) is 0 Å². The smallest absolute Gasteiger partial charge is 0.240 e. The molecule has 0 aromatic rings. The van der Waals surface area contributed by atoms with Gasteiger partial charge in [-0.2, -0.15) is 0 Å². The second kappa shape index (κ2) is 4.14. The largest absolute Gasteiger partial charge is 0.349 e. The molecule has 1 atom stereocenters. The topological polar surface area (TPSA) is 75.4 Å². The van der Waals surface area contributed by atoms with E-state index in [0.717, 1.165) is 25.7 Å². The number of hydrogen-bond donors (Lipinski definition) is 2. The Morgan fingerprint density at radius 3 is 2.59 bits per heavy atom. The van der Waals surface area contributed by atoms with Crippen molar-refractivity contribution in [1.29, 1.82) is 0 Å². The van der Waals surface area contributed by atoms with Gasteiger partial charge < -0.3 is 16.0 Å². The van der Waals surface area contributed by atoms with Gasteiger partial charge in [-0.25, -0.2) is 0 Å². The lowest BCUT2D eigenvalue weighted by atomic mass is 10.2. The first-order valence-corrected chi connectivity index (χ1v) is 5.98. The first-order chi connectivity index (χ1) is 7.58. The van der Waals surface area contributed by atoms with Crippen LogP contribution < -0.4 is 11.1 Å². The summed E-state index contributed by atoms with van der Waals surface area (Å²) in [6.45, 7) is 0.672. The summed E-state index contributed by atoms with van der Waals surface area (Å²) in [6, 6.07) is 0.420. The Balaban J connectivity index is 0.00000108. The standard InChI is InChI=1S/C11H17N3O2.ClH/c12-11(3-4-11)10(16)13-7-5-9(15)14(6-7)8-1-2-8;/h7-8H,1-6,12H2,(H,13,16);1H. The molecule has 17 heavy (non-hydrogen) atoms. The van der Waals surface area contributed by atoms with Crippen molar-refractivity contribution in [3.8, 4) is 0 Å². The van der Waals surface area contributed by atoms with Gasteiger partial charge in [-0.05, 0) is 25.7 Å². The highest BCUT2D eigenvalue weighted by Crippen LogP contribution is 2.33. The summed E-state index contributed by atoms with van der Waals surface area (Å²) in [6.07, 6.45) is 4.22. The molecule has 2 amide bonds. The maximum absolute atomic E-state index is 11.7. The van der Waals surface area contributed by atoms with Crippen molar-refractivity contribution >= 4 is 24.2 Å². The zero-order valence-electron chi connectivity index (χ0n) is 9.65. The van der Waals surface area contributed by atoms with Crippen LogP contribution in [0.2, 0.25) is 0 Å². The highest BCUT2D eigenvalue weighted by Gasteiger charge is 2.48. The molecule has 1 saturated heterocycles. The Labute approximate surface area is 106 Å². The van der Waals surface area contributed by atoms with E-state index in [0.29, 0.717) is 19.0 Å². The molecule has 1 unspecified atom stereocenters. The SMILES string of the molecule is Cl.NC1(C(=O)NC2CC(=O)N(C3CC3)C2)CC1. The van der Waals surface area contributed by atoms with Crippen LogP contribution in [-0.2, 0) is 9.59 Å². The van der Waals surface area contributed by atoms with E-state index in [-0.39, 0.29) is 30.3 Å². The maximum Gasteiger partial charge on any atom is 0.240 e. The second-order valence-electron chi connectivity index (χ2n) is 5.31.